The van der Waals surface area contributed by atoms with Crippen LogP contribution in [0.3, 0.4) is 0 Å². The Morgan fingerprint density at radius 1 is 0.977 bits per heavy atom. The molecule has 3 aromatic carbocycles. The quantitative estimate of drug-likeness (QED) is 0.125. The van der Waals surface area contributed by atoms with E-state index in [1.807, 2.05) is 25.3 Å². The Labute approximate surface area is 258 Å². The molecule has 1 heterocycles. The van der Waals surface area contributed by atoms with Crippen LogP contribution in [0.5, 0.6) is 11.5 Å². The number of thiazole rings is 1. The fourth-order valence-corrected chi connectivity index (χ4v) is 5.68. The number of amides is 3. The monoisotopic (exact) mass is 616 g/mol. The summed E-state index contributed by atoms with van der Waals surface area (Å²) in [6.45, 7) is 3.81. The minimum Gasteiger partial charge on any atom is -0.497 e. The van der Waals surface area contributed by atoms with Crippen molar-refractivity contribution in [2.45, 2.75) is 30.4 Å². The van der Waals surface area contributed by atoms with Gasteiger partial charge in [-0.15, -0.1) is 23.1 Å². The van der Waals surface area contributed by atoms with Gasteiger partial charge in [-0.2, -0.15) is 0 Å². The fourth-order valence-electron chi connectivity index (χ4n) is 3.98. The van der Waals surface area contributed by atoms with Crippen LogP contribution in [0.4, 0.5) is 10.8 Å². The molecule has 0 saturated heterocycles. The number of thioether (sulfide) groups is 1. The molecule has 0 spiro atoms. The van der Waals surface area contributed by atoms with Crippen LogP contribution in [0, 0.1) is 6.92 Å². The lowest BCUT2D eigenvalue weighted by molar-refractivity contribution is -0.116. The molecule has 3 amide bonds. The van der Waals surface area contributed by atoms with E-state index in [0.29, 0.717) is 39.9 Å². The van der Waals surface area contributed by atoms with Crippen LogP contribution in [0.1, 0.15) is 35.0 Å². The summed E-state index contributed by atoms with van der Waals surface area (Å²) in [5, 5.41) is 10.6. The number of rotatable bonds is 12. The zero-order chi connectivity index (χ0) is 30.8. The lowest BCUT2D eigenvalue weighted by Gasteiger charge is -2.15. The first-order valence-electron chi connectivity index (χ1n) is 13.4. The predicted octanol–water partition coefficient (Wildman–Crippen LogP) is 6.39. The molecule has 0 aliphatic heterocycles. The van der Waals surface area contributed by atoms with Crippen LogP contribution in [0.2, 0.25) is 0 Å². The third-order valence-electron chi connectivity index (χ3n) is 6.15. The number of carbonyl (C=O) groups excluding carboxylic acids is 3. The molecule has 0 saturated carbocycles. The summed E-state index contributed by atoms with van der Waals surface area (Å²) >= 11 is 2.77. The van der Waals surface area contributed by atoms with E-state index in [2.05, 4.69) is 20.9 Å². The highest BCUT2D eigenvalue weighted by Gasteiger charge is 2.20. The summed E-state index contributed by atoms with van der Waals surface area (Å²) in [5.41, 5.74) is 2.29. The summed E-state index contributed by atoms with van der Waals surface area (Å²) in [4.78, 5) is 44.7. The van der Waals surface area contributed by atoms with E-state index in [0.717, 1.165) is 10.6 Å². The molecule has 0 fully saturated rings. The summed E-state index contributed by atoms with van der Waals surface area (Å²) < 4.78 is 10.8. The number of aryl methyl sites for hydroxylation is 1. The van der Waals surface area contributed by atoms with Crippen molar-refractivity contribution in [1.29, 1.82) is 0 Å². The number of methoxy groups -OCH3 is 2. The molecule has 3 N–H and O–H groups in total. The second-order valence-corrected chi connectivity index (χ2v) is 11.4. The molecule has 43 heavy (non-hydrogen) atoms. The van der Waals surface area contributed by atoms with Crippen molar-refractivity contribution < 1.29 is 23.9 Å². The number of hydrogen-bond donors (Lipinski definition) is 3. The maximum atomic E-state index is 13.6. The second-order valence-electron chi connectivity index (χ2n) is 9.27. The lowest BCUT2D eigenvalue weighted by Crippen LogP contribution is -2.30. The maximum absolute atomic E-state index is 13.6. The first-order valence-corrected chi connectivity index (χ1v) is 15.2. The second kappa shape index (κ2) is 15.0. The molecule has 11 heteroatoms. The highest BCUT2D eigenvalue weighted by Crippen LogP contribution is 2.30. The van der Waals surface area contributed by atoms with Crippen LogP contribution in [0.25, 0.3) is 6.08 Å². The maximum Gasteiger partial charge on any atom is 0.272 e. The van der Waals surface area contributed by atoms with E-state index in [4.69, 9.17) is 9.47 Å². The molecule has 0 radical (unpaired) electrons. The number of nitrogens with zero attached hydrogens (tertiary/aromatic N) is 1. The molecule has 4 rings (SSSR count). The molecule has 0 bridgehead atoms. The van der Waals surface area contributed by atoms with Gasteiger partial charge in [-0.1, -0.05) is 31.2 Å². The van der Waals surface area contributed by atoms with Crippen LogP contribution in [0.15, 0.2) is 88.8 Å². The summed E-state index contributed by atoms with van der Waals surface area (Å²) in [5.74, 6) is -0.0707. The Kier molecular flexibility index (Phi) is 11.0. The molecule has 1 aromatic heterocycles. The number of anilines is 2. The Morgan fingerprint density at radius 3 is 2.44 bits per heavy atom. The molecular weight excluding hydrogens is 585 g/mol. The van der Waals surface area contributed by atoms with E-state index in [9.17, 15) is 14.4 Å². The van der Waals surface area contributed by atoms with Crippen LogP contribution < -0.4 is 25.4 Å². The first kappa shape index (κ1) is 31.3. The van der Waals surface area contributed by atoms with Gasteiger partial charge < -0.3 is 25.4 Å². The predicted molar refractivity (Wildman–Crippen MR) is 172 cm³/mol. The van der Waals surface area contributed by atoms with Crippen molar-refractivity contribution in [3.63, 3.8) is 0 Å². The van der Waals surface area contributed by atoms with Crippen molar-refractivity contribution in [3.05, 3.63) is 101 Å². The Balaban J connectivity index is 1.56. The van der Waals surface area contributed by atoms with Gasteiger partial charge in [0.05, 0.1) is 25.2 Å². The van der Waals surface area contributed by atoms with Gasteiger partial charge in [0.15, 0.2) is 5.13 Å². The normalized spacial score (nSPS) is 11.8. The van der Waals surface area contributed by atoms with Gasteiger partial charge in [-0.25, -0.2) is 4.98 Å². The standard InChI is InChI=1S/C32H32N4O5S2/c1-5-28(31(39)36-32-33-20(2)19-42-32)43-25-13-9-12-23(18-25)34-30(38)26(35-29(37)21-10-7-6-8-11-21)17-22-16-24(40-3)14-15-27(22)41-4/h6-19,28H,5H2,1-4H3,(H,34,38)(H,35,37)(H,33,36,39)/b26-17+. The minimum absolute atomic E-state index is 0.00279. The molecule has 222 valence electrons. The Bertz CT molecular complexity index is 1620. The zero-order valence-electron chi connectivity index (χ0n) is 24.2. The smallest absolute Gasteiger partial charge is 0.272 e. The number of nitrogens with one attached hydrogen (secondary N) is 3. The van der Waals surface area contributed by atoms with Crippen molar-refractivity contribution in [2.75, 3.05) is 24.9 Å². The van der Waals surface area contributed by atoms with Gasteiger partial charge in [0, 0.05) is 27.1 Å². The average molecular weight is 617 g/mol. The van der Waals surface area contributed by atoms with Crippen molar-refractivity contribution in [2.24, 2.45) is 0 Å². The molecule has 0 aliphatic rings. The number of carbonyl (C=O) groups is 3. The average Bonchev–Trinajstić information content (AvgIpc) is 3.43. The van der Waals surface area contributed by atoms with E-state index in [1.165, 1.54) is 43.4 Å². The van der Waals surface area contributed by atoms with Gasteiger partial charge in [0.2, 0.25) is 5.91 Å². The highest BCUT2D eigenvalue weighted by atomic mass is 32.2. The minimum atomic E-state index is -0.541. The van der Waals surface area contributed by atoms with Crippen LogP contribution in [-0.2, 0) is 9.59 Å². The van der Waals surface area contributed by atoms with Gasteiger partial charge >= 0.3 is 0 Å². The van der Waals surface area contributed by atoms with Gasteiger partial charge in [0.25, 0.3) is 11.8 Å². The molecule has 1 atom stereocenters. The Hall–Kier alpha value is -4.61. The number of aromatic nitrogens is 1. The van der Waals surface area contributed by atoms with E-state index in [-0.39, 0.29) is 16.9 Å². The third kappa shape index (κ3) is 8.69. The molecule has 9 nitrogen and oxygen atoms in total. The number of benzene rings is 3. The van der Waals surface area contributed by atoms with Gasteiger partial charge in [-0.05, 0) is 68.0 Å². The SMILES string of the molecule is CCC(Sc1cccc(NC(=O)/C(=C\c2cc(OC)ccc2OC)NC(=O)c2ccccc2)c1)C(=O)Nc1nc(C)cs1. The summed E-state index contributed by atoms with van der Waals surface area (Å²) in [6, 6.07) is 21.0. The van der Waals surface area contributed by atoms with Crippen LogP contribution in [-0.4, -0.2) is 42.2 Å². The topological polar surface area (TPSA) is 119 Å². The highest BCUT2D eigenvalue weighted by molar-refractivity contribution is 8.00. The largest absolute Gasteiger partial charge is 0.497 e. The number of ether oxygens (including phenoxy) is 2. The van der Waals surface area contributed by atoms with E-state index in [1.54, 1.807) is 66.7 Å². The van der Waals surface area contributed by atoms with Gasteiger partial charge in [0.1, 0.15) is 17.2 Å². The van der Waals surface area contributed by atoms with Crippen molar-refractivity contribution >= 4 is 57.7 Å². The Morgan fingerprint density at radius 2 is 1.77 bits per heavy atom. The summed E-state index contributed by atoms with van der Waals surface area (Å²) in [7, 11) is 3.06. The van der Waals surface area contributed by atoms with Crippen molar-refractivity contribution in [1.82, 2.24) is 10.3 Å². The van der Waals surface area contributed by atoms with Crippen molar-refractivity contribution in [3.8, 4) is 11.5 Å². The fraction of sp³-hybridized carbons (Fsp3) is 0.188. The molecule has 4 aromatic rings. The molecule has 1 unspecified atom stereocenters. The zero-order valence-corrected chi connectivity index (χ0v) is 25.8. The third-order valence-corrected chi connectivity index (χ3v) is 8.38. The number of hydrogen-bond acceptors (Lipinski definition) is 8. The van der Waals surface area contributed by atoms with Gasteiger partial charge in [-0.3, -0.25) is 14.4 Å². The summed E-state index contributed by atoms with van der Waals surface area (Å²) in [6.07, 6.45) is 2.13. The van der Waals surface area contributed by atoms with E-state index >= 15 is 0 Å². The lowest BCUT2D eigenvalue weighted by atomic mass is 10.1. The van der Waals surface area contributed by atoms with Crippen LogP contribution >= 0.6 is 23.1 Å². The molecular formula is C32H32N4O5S2. The first-order chi connectivity index (χ1) is 20.8. The van der Waals surface area contributed by atoms with E-state index < -0.39 is 11.8 Å². The molecule has 0 aliphatic carbocycles.